The molecule has 9 nitrogen and oxygen atoms in total. The molecule has 1 fully saturated rings. The zero-order valence-electron chi connectivity index (χ0n) is 16.9. The zero-order valence-corrected chi connectivity index (χ0v) is 16.9. The van der Waals surface area contributed by atoms with Gasteiger partial charge >= 0.3 is 0 Å². The Kier molecular flexibility index (Phi) is 4.30. The van der Waals surface area contributed by atoms with Gasteiger partial charge < -0.3 is 10.3 Å². The summed E-state index contributed by atoms with van der Waals surface area (Å²) in [6.07, 6.45) is 11.1. The first-order valence-electron chi connectivity index (χ1n) is 9.99. The van der Waals surface area contributed by atoms with Gasteiger partial charge in [0.1, 0.15) is 0 Å². The second-order valence-electron chi connectivity index (χ2n) is 7.75. The summed E-state index contributed by atoms with van der Waals surface area (Å²) in [5.41, 5.74) is 8.69. The first kappa shape index (κ1) is 18.4. The van der Waals surface area contributed by atoms with Crippen molar-refractivity contribution in [2.45, 2.75) is 38.6 Å². The molecule has 2 N–H and O–H groups in total. The summed E-state index contributed by atoms with van der Waals surface area (Å²) < 4.78 is 7.43. The highest BCUT2D eigenvalue weighted by atomic mass is 16.5. The first-order valence-corrected chi connectivity index (χ1v) is 9.99. The van der Waals surface area contributed by atoms with Crippen molar-refractivity contribution in [3.8, 4) is 22.7 Å². The van der Waals surface area contributed by atoms with Crippen LogP contribution >= 0.6 is 0 Å². The lowest BCUT2D eigenvalue weighted by molar-refractivity contribution is 0.386. The Hall–Kier alpha value is -3.62. The summed E-state index contributed by atoms with van der Waals surface area (Å²) >= 11 is 0. The molecule has 0 saturated heterocycles. The van der Waals surface area contributed by atoms with Gasteiger partial charge in [0.15, 0.2) is 5.82 Å². The lowest BCUT2D eigenvalue weighted by Crippen LogP contribution is -2.28. The van der Waals surface area contributed by atoms with Gasteiger partial charge in [-0.2, -0.15) is 10.1 Å². The Bertz CT molecular complexity index is 1160. The fraction of sp³-hybridized carbons (Fsp3) is 0.333. The predicted octanol–water partition coefficient (Wildman–Crippen LogP) is 3.10. The third-order valence-electron chi connectivity index (χ3n) is 5.82. The van der Waals surface area contributed by atoms with Crippen LogP contribution in [-0.2, 0) is 12.0 Å². The van der Waals surface area contributed by atoms with Gasteiger partial charge in [-0.15, -0.1) is 0 Å². The van der Waals surface area contributed by atoms with Crippen molar-refractivity contribution in [3.63, 3.8) is 0 Å². The highest BCUT2D eigenvalue weighted by Crippen LogP contribution is 2.50. The summed E-state index contributed by atoms with van der Waals surface area (Å²) in [5, 5.41) is 8.64. The Balaban J connectivity index is 1.48. The Morgan fingerprint density at radius 1 is 1.10 bits per heavy atom. The molecule has 0 aliphatic heterocycles. The van der Waals surface area contributed by atoms with E-state index in [0.29, 0.717) is 17.6 Å². The summed E-state index contributed by atoms with van der Waals surface area (Å²) in [6, 6.07) is 4.04. The molecule has 1 saturated carbocycles. The van der Waals surface area contributed by atoms with Crippen molar-refractivity contribution >= 4 is 5.95 Å². The van der Waals surface area contributed by atoms with Gasteiger partial charge in [0.2, 0.25) is 5.95 Å². The van der Waals surface area contributed by atoms with Gasteiger partial charge in [0.25, 0.3) is 5.89 Å². The third-order valence-corrected chi connectivity index (χ3v) is 5.82. The molecule has 0 aromatic carbocycles. The molecule has 1 unspecified atom stereocenters. The second kappa shape index (κ2) is 7.01. The largest absolute Gasteiger partial charge is 0.368 e. The second-order valence-corrected chi connectivity index (χ2v) is 7.75. The van der Waals surface area contributed by atoms with E-state index in [-0.39, 0.29) is 11.4 Å². The number of anilines is 1. The van der Waals surface area contributed by atoms with Gasteiger partial charge in [-0.1, -0.05) is 11.2 Å². The van der Waals surface area contributed by atoms with Gasteiger partial charge in [0.05, 0.1) is 22.9 Å². The smallest absolute Gasteiger partial charge is 0.261 e. The van der Waals surface area contributed by atoms with Gasteiger partial charge in [0, 0.05) is 36.9 Å². The normalized spacial score (nSPS) is 15.8. The predicted molar refractivity (Wildman–Crippen MR) is 110 cm³/mol. The number of nitrogens with two attached hydrogens (primary N) is 1. The fourth-order valence-electron chi connectivity index (χ4n) is 3.75. The topological polar surface area (TPSA) is 121 Å². The lowest BCUT2D eigenvalue weighted by atomic mass is 9.77. The van der Waals surface area contributed by atoms with E-state index in [1.54, 1.807) is 18.6 Å². The summed E-state index contributed by atoms with van der Waals surface area (Å²) in [4.78, 5) is 17.5. The Labute approximate surface area is 173 Å². The van der Waals surface area contributed by atoms with Crippen LogP contribution in [0.4, 0.5) is 5.95 Å². The van der Waals surface area contributed by atoms with Crippen molar-refractivity contribution in [2.24, 2.45) is 5.92 Å². The third kappa shape index (κ3) is 3.12. The molecular formula is C21H22N8O. The minimum absolute atomic E-state index is 0.245. The summed E-state index contributed by atoms with van der Waals surface area (Å²) in [5.74, 6) is 1.86. The van der Waals surface area contributed by atoms with Crippen LogP contribution < -0.4 is 5.73 Å². The lowest BCUT2D eigenvalue weighted by Gasteiger charge is -2.26. The van der Waals surface area contributed by atoms with Crippen LogP contribution in [0.2, 0.25) is 0 Å². The molecule has 1 aliphatic rings. The molecule has 0 bridgehead atoms. The maximum Gasteiger partial charge on any atom is 0.261 e. The SMILES string of the molecule is CCn1cc(-c2nc(C(C)(c3ccc(-c4cnc(N)nc4)nc3)C3CC3)no2)cn1. The quantitative estimate of drug-likeness (QED) is 0.522. The van der Waals surface area contributed by atoms with E-state index in [1.807, 2.05) is 30.1 Å². The molecule has 0 spiro atoms. The van der Waals surface area contributed by atoms with Crippen molar-refractivity contribution in [2.75, 3.05) is 5.73 Å². The molecule has 9 heteroatoms. The van der Waals surface area contributed by atoms with E-state index in [2.05, 4.69) is 38.2 Å². The van der Waals surface area contributed by atoms with Crippen molar-refractivity contribution < 1.29 is 4.52 Å². The first-order chi connectivity index (χ1) is 14.6. The summed E-state index contributed by atoms with van der Waals surface area (Å²) in [7, 11) is 0. The maximum atomic E-state index is 5.60. The zero-order chi connectivity index (χ0) is 20.7. The van der Waals surface area contributed by atoms with Crippen molar-refractivity contribution in [1.29, 1.82) is 0 Å². The highest BCUT2D eigenvalue weighted by Gasteiger charge is 2.47. The van der Waals surface area contributed by atoms with E-state index < -0.39 is 0 Å². The number of hydrogen-bond acceptors (Lipinski definition) is 8. The van der Waals surface area contributed by atoms with Crippen LogP contribution in [0.15, 0.2) is 47.6 Å². The van der Waals surface area contributed by atoms with Crippen LogP contribution in [0.25, 0.3) is 22.7 Å². The number of aryl methyl sites for hydroxylation is 1. The van der Waals surface area contributed by atoms with E-state index in [4.69, 9.17) is 15.2 Å². The molecular weight excluding hydrogens is 380 g/mol. The van der Waals surface area contributed by atoms with E-state index in [0.717, 1.165) is 41.8 Å². The van der Waals surface area contributed by atoms with Crippen LogP contribution in [0.3, 0.4) is 0 Å². The average molecular weight is 402 g/mol. The van der Waals surface area contributed by atoms with Gasteiger partial charge in [-0.05, 0) is 44.2 Å². The maximum absolute atomic E-state index is 5.60. The fourth-order valence-corrected chi connectivity index (χ4v) is 3.75. The van der Waals surface area contributed by atoms with Crippen LogP contribution in [0.1, 0.15) is 38.1 Å². The number of pyridine rings is 1. The molecule has 4 aromatic heterocycles. The molecule has 30 heavy (non-hydrogen) atoms. The Morgan fingerprint density at radius 3 is 2.53 bits per heavy atom. The minimum atomic E-state index is -0.369. The monoisotopic (exact) mass is 402 g/mol. The molecule has 1 aliphatic carbocycles. The standard InChI is InChI=1S/C21H22N8O/c1-3-29-12-14(10-26-29)18-27-19(28-30-18)21(2,15-4-5-15)16-6-7-17(23-11-16)13-8-24-20(22)25-9-13/h6-12,15H,3-5H2,1-2H3,(H2,22,24,25). The van der Waals surface area contributed by atoms with Crippen LogP contribution in [0.5, 0.6) is 0 Å². The van der Waals surface area contributed by atoms with Crippen molar-refractivity contribution in [3.05, 3.63) is 54.5 Å². The van der Waals surface area contributed by atoms with Gasteiger partial charge in [-0.25, -0.2) is 9.97 Å². The van der Waals surface area contributed by atoms with E-state index in [1.165, 1.54) is 0 Å². The average Bonchev–Trinajstić information content (AvgIpc) is 3.32. The number of hydrogen-bond donors (Lipinski definition) is 1. The van der Waals surface area contributed by atoms with Crippen molar-refractivity contribution in [1.82, 2.24) is 34.9 Å². The van der Waals surface area contributed by atoms with Crippen LogP contribution in [0, 0.1) is 5.92 Å². The molecule has 4 aromatic rings. The molecule has 0 amide bonds. The number of aromatic nitrogens is 7. The Morgan fingerprint density at radius 2 is 1.90 bits per heavy atom. The minimum Gasteiger partial charge on any atom is -0.368 e. The molecule has 152 valence electrons. The number of rotatable bonds is 6. The molecule has 5 rings (SSSR count). The number of nitrogen functional groups attached to an aromatic ring is 1. The molecule has 0 radical (unpaired) electrons. The van der Waals surface area contributed by atoms with Gasteiger partial charge in [-0.3, -0.25) is 9.67 Å². The van der Waals surface area contributed by atoms with E-state index in [9.17, 15) is 0 Å². The molecule has 1 atom stereocenters. The summed E-state index contributed by atoms with van der Waals surface area (Å²) in [6.45, 7) is 4.99. The highest BCUT2D eigenvalue weighted by molar-refractivity contribution is 5.58. The molecule has 4 heterocycles. The number of nitrogens with zero attached hydrogens (tertiary/aromatic N) is 7. The van der Waals surface area contributed by atoms with E-state index >= 15 is 0 Å². The van der Waals surface area contributed by atoms with Crippen LogP contribution in [-0.4, -0.2) is 34.9 Å².